The second-order valence-electron chi connectivity index (χ2n) is 4.39. The molecule has 0 spiro atoms. The minimum absolute atomic E-state index is 0.344. The standard InChI is InChI=1S/C9H17ClN2O3S/c10-8-9(2-1-3-9)11-16(13,14)12-4-6-15-7-5-12/h11H,1-8H2. The van der Waals surface area contributed by atoms with Gasteiger partial charge in [-0.3, -0.25) is 0 Å². The van der Waals surface area contributed by atoms with E-state index in [4.69, 9.17) is 16.3 Å². The molecule has 0 radical (unpaired) electrons. The first-order valence-electron chi connectivity index (χ1n) is 5.51. The highest BCUT2D eigenvalue weighted by Gasteiger charge is 2.41. The second-order valence-corrected chi connectivity index (χ2v) is 6.32. The van der Waals surface area contributed by atoms with Crippen molar-refractivity contribution in [2.24, 2.45) is 0 Å². The zero-order valence-corrected chi connectivity index (χ0v) is 10.7. The highest BCUT2D eigenvalue weighted by atomic mass is 35.5. The summed E-state index contributed by atoms with van der Waals surface area (Å²) in [7, 11) is -3.40. The first-order valence-corrected chi connectivity index (χ1v) is 7.48. The van der Waals surface area contributed by atoms with Gasteiger partial charge in [0.05, 0.1) is 13.2 Å². The van der Waals surface area contributed by atoms with Crippen molar-refractivity contribution < 1.29 is 13.2 Å². The van der Waals surface area contributed by atoms with E-state index < -0.39 is 15.7 Å². The van der Waals surface area contributed by atoms with E-state index >= 15 is 0 Å². The van der Waals surface area contributed by atoms with Gasteiger partial charge >= 0.3 is 0 Å². The Balaban J connectivity index is 2.01. The smallest absolute Gasteiger partial charge is 0.280 e. The monoisotopic (exact) mass is 268 g/mol. The van der Waals surface area contributed by atoms with Crippen molar-refractivity contribution in [3.63, 3.8) is 0 Å². The molecule has 1 saturated heterocycles. The Kier molecular flexibility index (Phi) is 3.75. The molecule has 0 bridgehead atoms. The van der Waals surface area contributed by atoms with Crippen LogP contribution in [0.3, 0.4) is 0 Å². The van der Waals surface area contributed by atoms with Crippen LogP contribution >= 0.6 is 11.6 Å². The molecule has 2 aliphatic rings. The Morgan fingerprint density at radius 3 is 2.38 bits per heavy atom. The Bertz CT molecular complexity index is 331. The summed E-state index contributed by atoms with van der Waals surface area (Å²) in [6, 6.07) is 0. The quantitative estimate of drug-likeness (QED) is 0.747. The number of nitrogens with one attached hydrogen (secondary N) is 1. The number of hydrogen-bond donors (Lipinski definition) is 1. The number of morpholine rings is 1. The molecule has 0 unspecified atom stereocenters. The van der Waals surface area contributed by atoms with Gasteiger partial charge in [-0.1, -0.05) is 0 Å². The summed E-state index contributed by atoms with van der Waals surface area (Å²) in [6.07, 6.45) is 2.71. The third-order valence-corrected chi connectivity index (χ3v) is 5.47. The normalized spacial score (nSPS) is 26.3. The molecule has 1 heterocycles. The average molecular weight is 269 g/mol. The van der Waals surface area contributed by atoms with Gasteiger partial charge in [0.25, 0.3) is 10.2 Å². The first-order chi connectivity index (χ1) is 7.58. The van der Waals surface area contributed by atoms with Crippen LogP contribution in [0.4, 0.5) is 0 Å². The van der Waals surface area contributed by atoms with Crippen molar-refractivity contribution in [2.45, 2.75) is 24.8 Å². The number of rotatable bonds is 4. The van der Waals surface area contributed by atoms with E-state index in [1.807, 2.05) is 0 Å². The van der Waals surface area contributed by atoms with Gasteiger partial charge in [-0.2, -0.15) is 17.4 Å². The minimum Gasteiger partial charge on any atom is -0.379 e. The van der Waals surface area contributed by atoms with E-state index in [-0.39, 0.29) is 0 Å². The molecule has 0 aromatic rings. The van der Waals surface area contributed by atoms with Crippen molar-refractivity contribution in [3.8, 4) is 0 Å². The van der Waals surface area contributed by atoms with E-state index in [9.17, 15) is 8.42 Å². The fourth-order valence-corrected chi connectivity index (χ4v) is 3.99. The van der Waals surface area contributed by atoms with Gasteiger partial charge in [0.15, 0.2) is 0 Å². The van der Waals surface area contributed by atoms with Crippen molar-refractivity contribution in [3.05, 3.63) is 0 Å². The van der Waals surface area contributed by atoms with Crippen LogP contribution in [0.2, 0.25) is 0 Å². The van der Waals surface area contributed by atoms with Gasteiger partial charge < -0.3 is 4.74 Å². The van der Waals surface area contributed by atoms with Crippen LogP contribution in [-0.4, -0.2) is 50.4 Å². The van der Waals surface area contributed by atoms with Crippen LogP contribution in [0.5, 0.6) is 0 Å². The third-order valence-electron chi connectivity index (χ3n) is 3.22. The van der Waals surface area contributed by atoms with Crippen LogP contribution < -0.4 is 4.72 Å². The summed E-state index contributed by atoms with van der Waals surface area (Å²) in [4.78, 5) is 0. The van der Waals surface area contributed by atoms with Crippen molar-refractivity contribution in [1.29, 1.82) is 0 Å². The van der Waals surface area contributed by atoms with Gasteiger partial charge in [-0.25, -0.2) is 0 Å². The highest BCUT2D eigenvalue weighted by molar-refractivity contribution is 7.87. The van der Waals surface area contributed by atoms with Gasteiger partial charge in [-0.05, 0) is 19.3 Å². The third kappa shape index (κ3) is 2.51. The molecule has 1 saturated carbocycles. The first kappa shape index (κ1) is 12.6. The summed E-state index contributed by atoms with van der Waals surface area (Å²) in [6.45, 7) is 1.78. The van der Waals surface area contributed by atoms with Gasteiger partial charge in [-0.15, -0.1) is 11.6 Å². The molecular weight excluding hydrogens is 252 g/mol. The van der Waals surface area contributed by atoms with E-state index in [2.05, 4.69) is 4.72 Å². The Hall–Kier alpha value is 0.120. The number of ether oxygens (including phenoxy) is 1. The maximum atomic E-state index is 12.1. The molecule has 94 valence electrons. The van der Waals surface area contributed by atoms with Crippen LogP contribution in [0.15, 0.2) is 0 Å². The lowest BCUT2D eigenvalue weighted by molar-refractivity contribution is 0.0714. The van der Waals surface area contributed by atoms with Gasteiger partial charge in [0.2, 0.25) is 0 Å². The molecule has 0 amide bonds. The summed E-state index contributed by atoms with van der Waals surface area (Å²) < 4.78 is 33.4. The molecular formula is C9H17ClN2O3S. The second kappa shape index (κ2) is 4.78. The number of hydrogen-bond acceptors (Lipinski definition) is 3. The zero-order valence-electron chi connectivity index (χ0n) is 9.12. The minimum atomic E-state index is -3.40. The van der Waals surface area contributed by atoms with Crippen LogP contribution in [0, 0.1) is 0 Å². The highest BCUT2D eigenvalue weighted by Crippen LogP contribution is 2.33. The van der Waals surface area contributed by atoms with Crippen molar-refractivity contribution in [1.82, 2.24) is 9.03 Å². The maximum Gasteiger partial charge on any atom is 0.280 e. The molecule has 2 fully saturated rings. The molecule has 7 heteroatoms. The zero-order chi connectivity index (χ0) is 11.6. The summed E-state index contributed by atoms with van der Waals surface area (Å²) in [5.41, 5.74) is -0.404. The molecule has 0 aromatic heterocycles. The molecule has 16 heavy (non-hydrogen) atoms. The predicted octanol–water partition coefficient (Wildman–Crippen LogP) is 0.315. The number of alkyl halides is 1. The van der Waals surface area contributed by atoms with Gasteiger partial charge in [0.1, 0.15) is 0 Å². The lowest BCUT2D eigenvalue weighted by atomic mass is 9.79. The Morgan fingerprint density at radius 1 is 1.31 bits per heavy atom. The molecule has 1 N–H and O–H groups in total. The van der Waals surface area contributed by atoms with Gasteiger partial charge in [0, 0.05) is 24.5 Å². The average Bonchev–Trinajstić information content (AvgIpc) is 2.25. The summed E-state index contributed by atoms with van der Waals surface area (Å²) in [5, 5.41) is 0. The maximum absolute atomic E-state index is 12.1. The molecule has 2 rings (SSSR count). The molecule has 5 nitrogen and oxygen atoms in total. The molecule has 1 aliphatic heterocycles. The van der Waals surface area contributed by atoms with Crippen LogP contribution in [0.1, 0.15) is 19.3 Å². The number of halogens is 1. The summed E-state index contributed by atoms with van der Waals surface area (Å²) >= 11 is 5.83. The Morgan fingerprint density at radius 2 is 1.94 bits per heavy atom. The van der Waals surface area contributed by atoms with E-state index in [0.29, 0.717) is 32.2 Å². The molecule has 0 aromatic carbocycles. The lowest BCUT2D eigenvalue weighted by Gasteiger charge is -2.42. The summed E-state index contributed by atoms with van der Waals surface area (Å²) in [5.74, 6) is 0.344. The van der Waals surface area contributed by atoms with Crippen LogP contribution in [-0.2, 0) is 14.9 Å². The van der Waals surface area contributed by atoms with Crippen molar-refractivity contribution >= 4 is 21.8 Å². The largest absolute Gasteiger partial charge is 0.379 e. The van der Waals surface area contributed by atoms with Crippen LogP contribution in [0.25, 0.3) is 0 Å². The fraction of sp³-hybridized carbons (Fsp3) is 1.00. The SMILES string of the molecule is O=S(=O)(NC1(CCl)CCC1)N1CCOCC1. The predicted molar refractivity (Wildman–Crippen MR) is 61.7 cm³/mol. The topological polar surface area (TPSA) is 58.6 Å². The number of nitrogens with zero attached hydrogens (tertiary/aromatic N) is 1. The van der Waals surface area contributed by atoms with Crippen molar-refractivity contribution in [2.75, 3.05) is 32.2 Å². The van der Waals surface area contributed by atoms with E-state index in [0.717, 1.165) is 19.3 Å². The Labute approximate surface area is 101 Å². The molecule has 1 aliphatic carbocycles. The molecule has 0 atom stereocenters. The van der Waals surface area contributed by atoms with E-state index in [1.54, 1.807) is 0 Å². The fourth-order valence-electron chi connectivity index (χ4n) is 1.99. The lowest BCUT2D eigenvalue weighted by Crippen LogP contribution is -2.59. The van der Waals surface area contributed by atoms with E-state index in [1.165, 1.54) is 4.31 Å².